The van der Waals surface area contributed by atoms with Crippen LogP contribution in [0, 0.1) is 17.8 Å². The first kappa shape index (κ1) is 22.5. The highest BCUT2D eigenvalue weighted by Gasteiger charge is 2.18. The van der Waals surface area contributed by atoms with Gasteiger partial charge in [-0.05, 0) is 64.2 Å². The summed E-state index contributed by atoms with van der Waals surface area (Å²) in [6, 6.07) is 3.93. The van der Waals surface area contributed by atoms with Gasteiger partial charge in [-0.1, -0.05) is 24.1 Å². The van der Waals surface area contributed by atoms with Crippen molar-refractivity contribution in [2.45, 2.75) is 52.7 Å². The number of fused-ring (bicyclic) bond motifs is 1. The van der Waals surface area contributed by atoms with Crippen LogP contribution in [0.15, 0.2) is 48.6 Å². The van der Waals surface area contributed by atoms with Crippen LogP contribution in [0.2, 0.25) is 0 Å². The van der Waals surface area contributed by atoms with Gasteiger partial charge in [-0.15, -0.1) is 0 Å². The number of anilines is 1. The van der Waals surface area contributed by atoms with Crippen LogP contribution in [0.4, 0.5) is 5.95 Å². The lowest BCUT2D eigenvalue weighted by Crippen LogP contribution is -2.12. The van der Waals surface area contributed by atoms with Gasteiger partial charge in [0.25, 0.3) is 0 Å². The van der Waals surface area contributed by atoms with Crippen LogP contribution in [0.3, 0.4) is 0 Å². The van der Waals surface area contributed by atoms with E-state index >= 15 is 0 Å². The predicted octanol–water partition coefficient (Wildman–Crippen LogP) is 4.34. The van der Waals surface area contributed by atoms with Crippen LogP contribution in [-0.4, -0.2) is 42.4 Å². The van der Waals surface area contributed by atoms with Crippen molar-refractivity contribution < 1.29 is 4.74 Å². The fourth-order valence-corrected chi connectivity index (χ4v) is 3.06. The standard InChI is InChI=1S/C25H29N7O/c1-5-19(7-6-18(4)32-16-26-15-28-32)14-27-25-30-22-13-12-21(11-10-20-8-9-20)29-23(22)24(31-25)33-17(2)3/h5-7,12-13,15-18,20H,8-9,14H2,1-4H3,(H,27,30,31). The van der Waals surface area contributed by atoms with Gasteiger partial charge in [-0.25, -0.2) is 19.6 Å². The molecule has 1 atom stereocenters. The maximum absolute atomic E-state index is 5.97. The fourth-order valence-electron chi connectivity index (χ4n) is 3.06. The summed E-state index contributed by atoms with van der Waals surface area (Å²) >= 11 is 0. The molecule has 170 valence electrons. The molecule has 1 fully saturated rings. The van der Waals surface area contributed by atoms with Crippen LogP contribution in [0.25, 0.3) is 11.0 Å². The lowest BCUT2D eigenvalue weighted by atomic mass is 10.2. The van der Waals surface area contributed by atoms with Crippen LogP contribution in [0.5, 0.6) is 5.88 Å². The zero-order valence-electron chi connectivity index (χ0n) is 19.5. The van der Waals surface area contributed by atoms with Crippen molar-refractivity contribution in [1.82, 2.24) is 29.7 Å². The number of hydrogen-bond donors (Lipinski definition) is 1. The minimum absolute atomic E-state index is 0.0359. The third-order valence-electron chi connectivity index (χ3n) is 5.10. The predicted molar refractivity (Wildman–Crippen MR) is 129 cm³/mol. The first-order valence-electron chi connectivity index (χ1n) is 11.3. The summed E-state index contributed by atoms with van der Waals surface area (Å²) in [5, 5.41) is 7.49. The molecule has 3 heterocycles. The molecule has 1 unspecified atom stereocenters. The Balaban J connectivity index is 1.51. The Kier molecular flexibility index (Phi) is 6.98. The van der Waals surface area contributed by atoms with Gasteiger partial charge in [-0.3, -0.25) is 0 Å². The monoisotopic (exact) mass is 443 g/mol. The lowest BCUT2D eigenvalue weighted by molar-refractivity contribution is 0.235. The fraction of sp³-hybridized carbons (Fsp3) is 0.400. The zero-order valence-corrected chi connectivity index (χ0v) is 19.5. The second kappa shape index (κ2) is 10.3. The molecule has 1 saturated carbocycles. The van der Waals surface area contributed by atoms with E-state index in [2.05, 4.69) is 67.3 Å². The van der Waals surface area contributed by atoms with E-state index in [0.717, 1.165) is 16.8 Å². The second-order valence-corrected chi connectivity index (χ2v) is 8.32. The van der Waals surface area contributed by atoms with Crippen LogP contribution in [-0.2, 0) is 0 Å². The largest absolute Gasteiger partial charge is 0.473 e. The minimum atomic E-state index is -0.0359. The molecule has 8 heteroatoms. The third kappa shape index (κ3) is 6.16. The van der Waals surface area contributed by atoms with Crippen molar-refractivity contribution in [1.29, 1.82) is 0 Å². The van der Waals surface area contributed by atoms with Crippen molar-refractivity contribution in [3.05, 3.63) is 54.3 Å². The summed E-state index contributed by atoms with van der Waals surface area (Å²) in [6.45, 7) is 8.57. The van der Waals surface area contributed by atoms with Gasteiger partial charge in [0.1, 0.15) is 18.3 Å². The molecule has 0 aromatic carbocycles. The molecule has 3 aromatic heterocycles. The quantitative estimate of drug-likeness (QED) is 0.409. The van der Waals surface area contributed by atoms with Gasteiger partial charge in [-0.2, -0.15) is 10.1 Å². The maximum Gasteiger partial charge on any atom is 0.245 e. The van der Waals surface area contributed by atoms with E-state index in [4.69, 9.17) is 4.74 Å². The van der Waals surface area contributed by atoms with E-state index in [0.29, 0.717) is 29.8 Å². The zero-order chi connectivity index (χ0) is 23.2. The smallest absolute Gasteiger partial charge is 0.245 e. The Morgan fingerprint density at radius 3 is 2.79 bits per heavy atom. The first-order valence-corrected chi connectivity index (χ1v) is 11.3. The van der Waals surface area contributed by atoms with Gasteiger partial charge in [0.15, 0.2) is 5.52 Å². The number of rotatable bonds is 8. The number of ether oxygens (including phenoxy) is 1. The molecule has 1 aliphatic carbocycles. The van der Waals surface area contributed by atoms with Gasteiger partial charge >= 0.3 is 0 Å². The number of nitrogens with zero attached hydrogens (tertiary/aromatic N) is 6. The molecule has 0 saturated heterocycles. The number of nitrogens with one attached hydrogen (secondary N) is 1. The summed E-state index contributed by atoms with van der Waals surface area (Å²) in [4.78, 5) is 17.9. The van der Waals surface area contributed by atoms with E-state index in [-0.39, 0.29) is 12.1 Å². The summed E-state index contributed by atoms with van der Waals surface area (Å²) in [5.41, 5.74) is 3.16. The van der Waals surface area contributed by atoms with E-state index in [9.17, 15) is 0 Å². The minimum Gasteiger partial charge on any atom is -0.473 e. The number of aromatic nitrogens is 6. The van der Waals surface area contributed by atoms with Gasteiger partial charge in [0.05, 0.1) is 17.7 Å². The van der Waals surface area contributed by atoms with Crippen molar-refractivity contribution in [2.75, 3.05) is 11.9 Å². The molecule has 1 N–H and O–H groups in total. The van der Waals surface area contributed by atoms with E-state index in [1.165, 1.54) is 19.2 Å². The van der Waals surface area contributed by atoms with Crippen molar-refractivity contribution in [2.24, 2.45) is 5.92 Å². The number of hydrogen-bond acceptors (Lipinski definition) is 7. The van der Waals surface area contributed by atoms with Crippen molar-refractivity contribution >= 4 is 17.0 Å². The number of pyridine rings is 1. The highest BCUT2D eigenvalue weighted by molar-refractivity contribution is 5.81. The molecule has 0 amide bonds. The summed E-state index contributed by atoms with van der Waals surface area (Å²) < 4.78 is 7.77. The Labute approximate surface area is 194 Å². The molecule has 4 rings (SSSR count). The first-order chi connectivity index (χ1) is 16.0. The van der Waals surface area contributed by atoms with Gasteiger partial charge in [0, 0.05) is 12.5 Å². The van der Waals surface area contributed by atoms with Crippen LogP contribution in [0.1, 0.15) is 52.3 Å². The van der Waals surface area contributed by atoms with Crippen molar-refractivity contribution in [3.63, 3.8) is 0 Å². The molecule has 0 radical (unpaired) electrons. The normalized spacial score (nSPS) is 15.0. The second-order valence-electron chi connectivity index (χ2n) is 8.32. The van der Waals surface area contributed by atoms with Crippen LogP contribution < -0.4 is 10.1 Å². The highest BCUT2D eigenvalue weighted by Crippen LogP contribution is 2.28. The molecule has 8 nitrogen and oxygen atoms in total. The molecular weight excluding hydrogens is 414 g/mol. The molecule has 3 aromatic rings. The average Bonchev–Trinajstić information content (AvgIpc) is 3.47. The third-order valence-corrected chi connectivity index (χ3v) is 5.10. The number of allylic oxidation sites excluding steroid dienone is 2. The molecular formula is C25H29N7O. The summed E-state index contributed by atoms with van der Waals surface area (Å²) in [6.07, 6.45) is 11.8. The van der Waals surface area contributed by atoms with Crippen LogP contribution >= 0.6 is 0 Å². The Hall–Kier alpha value is -3.73. The Morgan fingerprint density at radius 1 is 1.24 bits per heavy atom. The maximum atomic E-state index is 5.97. The lowest BCUT2D eigenvalue weighted by Gasteiger charge is -2.13. The molecule has 0 spiro atoms. The summed E-state index contributed by atoms with van der Waals surface area (Å²) in [5.74, 6) is 7.89. The SMILES string of the molecule is CC=C(C=CC(C)n1cncn1)CNc1nc(OC(C)C)c2nc(C#CC3CC3)ccc2n1. The Morgan fingerprint density at radius 2 is 2.09 bits per heavy atom. The van der Waals surface area contributed by atoms with Gasteiger partial charge < -0.3 is 10.1 Å². The topological polar surface area (TPSA) is 90.6 Å². The molecule has 0 bridgehead atoms. The van der Waals surface area contributed by atoms with E-state index in [1.54, 1.807) is 11.0 Å². The van der Waals surface area contributed by atoms with Crippen molar-refractivity contribution in [3.8, 4) is 17.7 Å². The molecule has 0 aliphatic heterocycles. The Bertz CT molecular complexity index is 1210. The molecule has 1 aliphatic rings. The average molecular weight is 444 g/mol. The molecule has 33 heavy (non-hydrogen) atoms. The summed E-state index contributed by atoms with van der Waals surface area (Å²) in [7, 11) is 0. The van der Waals surface area contributed by atoms with Gasteiger partial charge in [0.2, 0.25) is 11.8 Å². The van der Waals surface area contributed by atoms with E-state index in [1.807, 2.05) is 32.9 Å². The van der Waals surface area contributed by atoms with E-state index < -0.39 is 0 Å². The highest BCUT2D eigenvalue weighted by atomic mass is 16.5.